The largest absolute Gasteiger partial charge is 0.508 e. The molecule has 0 saturated heterocycles. The number of ketones is 2. The minimum absolute atomic E-state index is 0.0676. The zero-order valence-electron chi connectivity index (χ0n) is 11.0. The number of fused-ring (bicyclic) bond motifs is 1. The summed E-state index contributed by atoms with van der Waals surface area (Å²) < 4.78 is 0. The number of carbonyl (C=O) groups excluding carboxylic acids is 2. The molecule has 3 nitrogen and oxygen atoms in total. The molecule has 0 radical (unpaired) electrons. The van der Waals surface area contributed by atoms with E-state index in [1.54, 1.807) is 42.5 Å². The van der Waals surface area contributed by atoms with E-state index in [0.29, 0.717) is 16.7 Å². The van der Waals surface area contributed by atoms with E-state index >= 15 is 0 Å². The molecule has 2 aromatic carbocycles. The number of hydrogen-bond acceptors (Lipinski definition) is 3. The number of rotatable bonds is 2. The summed E-state index contributed by atoms with van der Waals surface area (Å²) in [6, 6.07) is 13.3. The minimum atomic E-state index is -0.350. The molecule has 1 N–H and O–H groups in total. The quantitative estimate of drug-likeness (QED) is 0.923. The van der Waals surface area contributed by atoms with Gasteiger partial charge in [-0.2, -0.15) is 0 Å². The van der Waals surface area contributed by atoms with E-state index in [-0.39, 0.29) is 34.3 Å². The van der Waals surface area contributed by atoms with Crippen molar-refractivity contribution in [2.45, 2.75) is 6.42 Å². The Hall–Kier alpha value is -2.39. The summed E-state index contributed by atoms with van der Waals surface area (Å²) in [7, 11) is 0. The van der Waals surface area contributed by atoms with Gasteiger partial charge < -0.3 is 5.11 Å². The molecule has 0 heterocycles. The molecule has 104 valence electrons. The summed E-state index contributed by atoms with van der Waals surface area (Å²) in [5, 5.41) is 9.75. The highest BCUT2D eigenvalue weighted by molar-refractivity contribution is 6.50. The molecule has 4 heteroatoms. The monoisotopic (exact) mass is 298 g/mol. The second-order valence-electron chi connectivity index (χ2n) is 4.80. The molecule has 0 fully saturated rings. The van der Waals surface area contributed by atoms with Gasteiger partial charge in [0, 0.05) is 23.1 Å². The van der Waals surface area contributed by atoms with Crippen molar-refractivity contribution in [3.8, 4) is 5.75 Å². The van der Waals surface area contributed by atoms with Crippen molar-refractivity contribution in [2.24, 2.45) is 0 Å². The van der Waals surface area contributed by atoms with Crippen molar-refractivity contribution in [3.05, 3.63) is 75.8 Å². The molecule has 2 aromatic rings. The highest BCUT2D eigenvalue weighted by Gasteiger charge is 2.31. The maximum atomic E-state index is 12.5. The number of benzene rings is 2. The van der Waals surface area contributed by atoms with Crippen LogP contribution < -0.4 is 0 Å². The molecule has 0 aromatic heterocycles. The van der Waals surface area contributed by atoms with Gasteiger partial charge in [-0.05, 0) is 11.6 Å². The molecular weight excluding hydrogens is 288 g/mol. The number of halogens is 1. The first-order chi connectivity index (χ1) is 10.1. The van der Waals surface area contributed by atoms with Crippen molar-refractivity contribution >= 4 is 23.2 Å². The number of para-hydroxylation sites is 1. The number of aromatic hydroxyl groups is 1. The van der Waals surface area contributed by atoms with Gasteiger partial charge in [0.1, 0.15) is 5.75 Å². The molecule has 0 bridgehead atoms. The highest BCUT2D eigenvalue weighted by atomic mass is 35.5. The van der Waals surface area contributed by atoms with Crippen LogP contribution in [0.1, 0.15) is 26.3 Å². The summed E-state index contributed by atoms with van der Waals surface area (Å²) >= 11 is 6.09. The van der Waals surface area contributed by atoms with Crippen LogP contribution in [0, 0.1) is 0 Å². The lowest BCUT2D eigenvalue weighted by Crippen LogP contribution is -2.21. The minimum Gasteiger partial charge on any atom is -0.508 e. The molecule has 0 amide bonds. The molecule has 0 aliphatic heterocycles. The van der Waals surface area contributed by atoms with Crippen LogP contribution in [-0.4, -0.2) is 16.7 Å². The summed E-state index contributed by atoms with van der Waals surface area (Å²) in [4.78, 5) is 24.8. The Kier molecular flexibility index (Phi) is 3.35. The fraction of sp³-hybridized carbons (Fsp3) is 0.0588. The van der Waals surface area contributed by atoms with Crippen molar-refractivity contribution in [1.29, 1.82) is 0 Å². The van der Waals surface area contributed by atoms with Gasteiger partial charge in [-0.15, -0.1) is 0 Å². The van der Waals surface area contributed by atoms with Crippen LogP contribution in [0.25, 0.3) is 0 Å². The van der Waals surface area contributed by atoms with E-state index < -0.39 is 0 Å². The third-order valence-corrected chi connectivity index (χ3v) is 3.91. The number of hydrogen-bond donors (Lipinski definition) is 1. The van der Waals surface area contributed by atoms with Gasteiger partial charge in [-0.3, -0.25) is 9.59 Å². The third kappa shape index (κ3) is 2.26. The number of phenolic OH excluding ortho intramolecular Hbond substituents is 1. The third-order valence-electron chi connectivity index (χ3n) is 3.51. The number of Topliss-reactive ketones (excluding diaryl/α,β-unsaturated/α-hetero) is 2. The average Bonchev–Trinajstić information content (AvgIpc) is 2.51. The van der Waals surface area contributed by atoms with Crippen LogP contribution in [0.3, 0.4) is 0 Å². The Morgan fingerprint density at radius 2 is 1.43 bits per heavy atom. The lowest BCUT2D eigenvalue weighted by Gasteiger charge is -2.18. The van der Waals surface area contributed by atoms with Gasteiger partial charge in [0.05, 0.1) is 5.03 Å². The Bertz CT molecular complexity index is 790. The Labute approximate surface area is 126 Å². The molecule has 1 aliphatic rings. The van der Waals surface area contributed by atoms with Gasteiger partial charge >= 0.3 is 0 Å². The average molecular weight is 299 g/mol. The Morgan fingerprint density at radius 3 is 2.10 bits per heavy atom. The Morgan fingerprint density at radius 1 is 0.857 bits per heavy atom. The van der Waals surface area contributed by atoms with Gasteiger partial charge in [0.2, 0.25) is 5.78 Å². The maximum absolute atomic E-state index is 12.5. The van der Waals surface area contributed by atoms with Crippen molar-refractivity contribution in [3.63, 3.8) is 0 Å². The molecule has 0 unspecified atom stereocenters. The first kappa shape index (κ1) is 13.6. The zero-order chi connectivity index (χ0) is 15.0. The normalized spacial score (nSPS) is 14.3. The fourth-order valence-corrected chi connectivity index (χ4v) is 2.66. The van der Waals surface area contributed by atoms with Gasteiger partial charge in [-0.25, -0.2) is 0 Å². The van der Waals surface area contributed by atoms with Crippen LogP contribution in [0.5, 0.6) is 5.75 Å². The van der Waals surface area contributed by atoms with Crippen molar-refractivity contribution in [2.75, 3.05) is 0 Å². The SMILES string of the molecule is O=C1C(Cl)=C(Cc2ccccc2O)C(=O)c2ccccc21. The second-order valence-corrected chi connectivity index (χ2v) is 5.18. The summed E-state index contributed by atoms with van der Waals surface area (Å²) in [5.74, 6) is -0.538. The highest BCUT2D eigenvalue weighted by Crippen LogP contribution is 2.31. The van der Waals surface area contributed by atoms with Crippen LogP contribution >= 0.6 is 11.6 Å². The topological polar surface area (TPSA) is 54.4 Å². The predicted octanol–water partition coefficient (Wildman–Crippen LogP) is 3.51. The van der Waals surface area contributed by atoms with E-state index in [1.807, 2.05) is 0 Å². The molecule has 1 aliphatic carbocycles. The van der Waals surface area contributed by atoms with Gasteiger partial charge in [0.15, 0.2) is 5.78 Å². The van der Waals surface area contributed by atoms with Gasteiger partial charge in [0.25, 0.3) is 0 Å². The summed E-state index contributed by atoms with van der Waals surface area (Å²) in [5.41, 5.74) is 1.47. The molecule has 0 atom stereocenters. The van der Waals surface area contributed by atoms with Crippen LogP contribution in [-0.2, 0) is 6.42 Å². The van der Waals surface area contributed by atoms with E-state index in [2.05, 4.69) is 0 Å². The smallest absolute Gasteiger partial charge is 0.205 e. The lowest BCUT2D eigenvalue weighted by molar-refractivity contribution is 0.0979. The van der Waals surface area contributed by atoms with Crippen LogP contribution in [0.15, 0.2) is 59.1 Å². The lowest BCUT2D eigenvalue weighted by atomic mass is 9.86. The number of carbonyl (C=O) groups is 2. The first-order valence-electron chi connectivity index (χ1n) is 6.43. The van der Waals surface area contributed by atoms with E-state index in [4.69, 9.17) is 11.6 Å². The molecule has 0 saturated carbocycles. The standard InChI is InChI=1S/C17H11ClO3/c18-15-13(9-10-5-1-4-8-14(10)19)16(20)11-6-2-3-7-12(11)17(15)21/h1-8,19H,9H2. The van der Waals surface area contributed by atoms with Crippen molar-refractivity contribution in [1.82, 2.24) is 0 Å². The zero-order valence-corrected chi connectivity index (χ0v) is 11.7. The summed E-state index contributed by atoms with van der Waals surface area (Å²) in [6.45, 7) is 0. The fourth-order valence-electron chi connectivity index (χ4n) is 2.41. The second kappa shape index (κ2) is 5.19. The molecule has 3 rings (SSSR count). The molecule has 21 heavy (non-hydrogen) atoms. The Balaban J connectivity index is 2.07. The van der Waals surface area contributed by atoms with E-state index in [1.165, 1.54) is 6.07 Å². The van der Waals surface area contributed by atoms with Gasteiger partial charge in [-0.1, -0.05) is 54.1 Å². The number of phenols is 1. The van der Waals surface area contributed by atoms with Crippen LogP contribution in [0.4, 0.5) is 0 Å². The molecule has 0 spiro atoms. The molecular formula is C17H11ClO3. The predicted molar refractivity (Wildman–Crippen MR) is 79.8 cm³/mol. The maximum Gasteiger partial charge on any atom is 0.205 e. The first-order valence-corrected chi connectivity index (χ1v) is 6.81. The van der Waals surface area contributed by atoms with E-state index in [9.17, 15) is 14.7 Å². The van der Waals surface area contributed by atoms with E-state index in [0.717, 1.165) is 0 Å². The number of allylic oxidation sites excluding steroid dienone is 2. The van der Waals surface area contributed by atoms with Crippen LogP contribution in [0.2, 0.25) is 0 Å². The van der Waals surface area contributed by atoms with Crippen molar-refractivity contribution < 1.29 is 14.7 Å². The summed E-state index contributed by atoms with van der Waals surface area (Å²) in [6.07, 6.45) is 0.129.